The molecule has 7 nitrogen and oxygen atoms in total. The minimum absolute atomic E-state index is 0.132. The van der Waals surface area contributed by atoms with E-state index in [2.05, 4.69) is 15.0 Å². The molecular formula is C19H19ClN2O5. The Bertz CT molecular complexity index is 865. The predicted octanol–water partition coefficient (Wildman–Crippen LogP) is 2.92. The molecule has 1 aliphatic heterocycles. The molecule has 0 atom stereocenters. The number of aromatic hydroxyl groups is 1. The second-order valence-electron chi connectivity index (χ2n) is 5.94. The van der Waals surface area contributed by atoms with Gasteiger partial charge in [0.2, 0.25) is 0 Å². The van der Waals surface area contributed by atoms with E-state index >= 15 is 0 Å². The largest absolute Gasteiger partial charge is 0.507 e. The number of halogens is 1. The van der Waals surface area contributed by atoms with Crippen molar-refractivity contribution in [3.63, 3.8) is 0 Å². The summed E-state index contributed by atoms with van der Waals surface area (Å²) in [6, 6.07) is 9.30. The molecular weight excluding hydrogens is 372 g/mol. The van der Waals surface area contributed by atoms with Gasteiger partial charge in [-0.05, 0) is 36.4 Å². The Morgan fingerprint density at radius 3 is 2.59 bits per heavy atom. The zero-order valence-electron chi connectivity index (χ0n) is 14.7. The van der Waals surface area contributed by atoms with E-state index in [1.54, 1.807) is 12.1 Å². The smallest absolute Gasteiger partial charge is 0.337 e. The normalized spacial score (nSPS) is 13.9. The molecule has 0 bridgehead atoms. The first kappa shape index (κ1) is 19.0. The summed E-state index contributed by atoms with van der Waals surface area (Å²) < 4.78 is 9.97. The van der Waals surface area contributed by atoms with E-state index in [-0.39, 0.29) is 21.9 Å². The molecule has 2 aromatic rings. The number of methoxy groups -OCH3 is 1. The minimum atomic E-state index is -0.523. The van der Waals surface area contributed by atoms with Gasteiger partial charge in [-0.25, -0.2) is 4.79 Å². The predicted molar refractivity (Wildman–Crippen MR) is 102 cm³/mol. The molecule has 0 unspecified atom stereocenters. The van der Waals surface area contributed by atoms with Crippen molar-refractivity contribution >= 4 is 34.9 Å². The molecule has 2 aromatic carbocycles. The number of nitrogens with one attached hydrogen (secondary N) is 1. The summed E-state index contributed by atoms with van der Waals surface area (Å²) >= 11 is 6.15. The van der Waals surface area contributed by atoms with Crippen LogP contribution in [0, 0.1) is 0 Å². The molecule has 8 heteroatoms. The summed E-state index contributed by atoms with van der Waals surface area (Å²) in [5.74, 6) is -1.16. The number of phenolic OH excluding ortho intramolecular Hbond substituents is 1. The number of carbonyl (C=O) groups excluding carboxylic acids is 2. The summed E-state index contributed by atoms with van der Waals surface area (Å²) in [6.45, 7) is 2.66. The molecule has 1 aliphatic rings. The first-order valence-electron chi connectivity index (χ1n) is 8.34. The van der Waals surface area contributed by atoms with Crippen LogP contribution in [0.1, 0.15) is 20.7 Å². The van der Waals surface area contributed by atoms with Crippen molar-refractivity contribution < 1.29 is 24.2 Å². The molecule has 142 valence electrons. The molecule has 1 fully saturated rings. The molecule has 0 radical (unpaired) electrons. The fourth-order valence-corrected chi connectivity index (χ4v) is 3.00. The quantitative estimate of drug-likeness (QED) is 0.780. The van der Waals surface area contributed by atoms with Crippen LogP contribution < -0.4 is 10.2 Å². The number of nitrogens with zero attached hydrogens (tertiary/aromatic N) is 1. The lowest BCUT2D eigenvalue weighted by Gasteiger charge is -2.29. The van der Waals surface area contributed by atoms with Crippen molar-refractivity contribution in [1.82, 2.24) is 0 Å². The maximum absolute atomic E-state index is 12.6. The number of hydrogen-bond acceptors (Lipinski definition) is 6. The maximum Gasteiger partial charge on any atom is 0.337 e. The third kappa shape index (κ3) is 4.32. The van der Waals surface area contributed by atoms with Crippen molar-refractivity contribution in [1.29, 1.82) is 0 Å². The number of phenols is 1. The molecule has 3 rings (SSSR count). The molecule has 0 spiro atoms. The van der Waals surface area contributed by atoms with E-state index in [4.69, 9.17) is 16.3 Å². The van der Waals surface area contributed by atoms with Gasteiger partial charge in [0.25, 0.3) is 5.91 Å². The van der Waals surface area contributed by atoms with Crippen LogP contribution in [0.4, 0.5) is 11.4 Å². The highest BCUT2D eigenvalue weighted by molar-refractivity contribution is 6.34. The van der Waals surface area contributed by atoms with E-state index in [1.165, 1.54) is 31.4 Å². The van der Waals surface area contributed by atoms with Gasteiger partial charge in [-0.1, -0.05) is 11.6 Å². The van der Waals surface area contributed by atoms with E-state index in [0.29, 0.717) is 32.0 Å². The van der Waals surface area contributed by atoms with Crippen LogP contribution in [-0.2, 0) is 9.47 Å². The van der Waals surface area contributed by atoms with Gasteiger partial charge in [-0.2, -0.15) is 0 Å². The van der Waals surface area contributed by atoms with Gasteiger partial charge in [0.05, 0.1) is 42.2 Å². The Hall–Kier alpha value is -2.77. The molecule has 0 saturated carbocycles. The summed E-state index contributed by atoms with van der Waals surface area (Å²) in [5.41, 5.74) is 1.56. The van der Waals surface area contributed by atoms with Crippen LogP contribution in [0.3, 0.4) is 0 Å². The Morgan fingerprint density at radius 1 is 1.19 bits per heavy atom. The second-order valence-corrected chi connectivity index (χ2v) is 6.35. The zero-order valence-corrected chi connectivity index (χ0v) is 15.5. The minimum Gasteiger partial charge on any atom is -0.507 e. The Labute approximate surface area is 161 Å². The van der Waals surface area contributed by atoms with Crippen molar-refractivity contribution in [3.8, 4) is 5.75 Å². The number of rotatable bonds is 4. The highest BCUT2D eigenvalue weighted by Gasteiger charge is 2.18. The first-order chi connectivity index (χ1) is 13.0. The summed E-state index contributed by atoms with van der Waals surface area (Å²) in [5, 5.41) is 12.9. The number of morpholine rings is 1. The molecule has 27 heavy (non-hydrogen) atoms. The lowest BCUT2D eigenvalue weighted by molar-refractivity contribution is 0.0600. The van der Waals surface area contributed by atoms with Crippen LogP contribution >= 0.6 is 11.6 Å². The van der Waals surface area contributed by atoms with Gasteiger partial charge in [-0.15, -0.1) is 0 Å². The van der Waals surface area contributed by atoms with Crippen LogP contribution in [0.25, 0.3) is 0 Å². The van der Waals surface area contributed by atoms with Crippen LogP contribution in [0.5, 0.6) is 5.75 Å². The fourth-order valence-electron chi connectivity index (χ4n) is 2.78. The van der Waals surface area contributed by atoms with Crippen LogP contribution in [0.15, 0.2) is 36.4 Å². The standard InChI is InChI=1S/C19H19ClN2O5/c1-26-19(25)12-2-4-16(15(20)10-12)21-18(24)14-11-13(3-5-17(14)23)22-6-8-27-9-7-22/h2-5,10-11,23H,6-9H2,1H3,(H,21,24). The number of carbonyl (C=O) groups is 2. The molecule has 1 heterocycles. The molecule has 1 saturated heterocycles. The van der Waals surface area contributed by atoms with Gasteiger partial charge >= 0.3 is 5.97 Å². The second kappa shape index (κ2) is 8.28. The van der Waals surface area contributed by atoms with E-state index in [1.807, 2.05) is 0 Å². The van der Waals surface area contributed by atoms with Gasteiger partial charge < -0.3 is 24.8 Å². The topological polar surface area (TPSA) is 88.1 Å². The Morgan fingerprint density at radius 2 is 1.93 bits per heavy atom. The lowest BCUT2D eigenvalue weighted by atomic mass is 10.1. The average Bonchev–Trinajstić information content (AvgIpc) is 2.69. The average molecular weight is 391 g/mol. The zero-order chi connectivity index (χ0) is 19.4. The van der Waals surface area contributed by atoms with Gasteiger partial charge in [0.15, 0.2) is 0 Å². The monoisotopic (exact) mass is 390 g/mol. The van der Waals surface area contributed by atoms with Crippen molar-refractivity contribution in [2.75, 3.05) is 43.6 Å². The molecule has 1 amide bonds. The number of esters is 1. The first-order valence-corrected chi connectivity index (χ1v) is 8.72. The number of benzene rings is 2. The fraction of sp³-hybridized carbons (Fsp3) is 0.263. The van der Waals surface area contributed by atoms with E-state index < -0.39 is 11.9 Å². The highest BCUT2D eigenvalue weighted by atomic mass is 35.5. The van der Waals surface area contributed by atoms with Crippen LogP contribution in [-0.4, -0.2) is 50.4 Å². The third-order valence-corrected chi connectivity index (χ3v) is 4.55. The van der Waals surface area contributed by atoms with E-state index in [9.17, 15) is 14.7 Å². The number of hydrogen-bond donors (Lipinski definition) is 2. The number of anilines is 2. The third-order valence-electron chi connectivity index (χ3n) is 4.24. The molecule has 0 aromatic heterocycles. The molecule has 2 N–H and O–H groups in total. The van der Waals surface area contributed by atoms with Gasteiger partial charge in [0, 0.05) is 18.8 Å². The SMILES string of the molecule is COC(=O)c1ccc(NC(=O)c2cc(N3CCOCC3)ccc2O)c(Cl)c1. The number of ether oxygens (including phenoxy) is 2. The Balaban J connectivity index is 1.80. The van der Waals surface area contributed by atoms with Crippen LogP contribution in [0.2, 0.25) is 5.02 Å². The van der Waals surface area contributed by atoms with Crippen molar-refractivity contribution in [2.24, 2.45) is 0 Å². The van der Waals surface area contributed by atoms with Crippen molar-refractivity contribution in [2.45, 2.75) is 0 Å². The lowest BCUT2D eigenvalue weighted by Crippen LogP contribution is -2.36. The van der Waals surface area contributed by atoms with E-state index in [0.717, 1.165) is 5.69 Å². The molecule has 0 aliphatic carbocycles. The maximum atomic E-state index is 12.6. The van der Waals surface area contributed by atoms with Gasteiger partial charge in [-0.3, -0.25) is 4.79 Å². The highest BCUT2D eigenvalue weighted by Crippen LogP contribution is 2.28. The summed E-state index contributed by atoms with van der Waals surface area (Å²) in [6.07, 6.45) is 0. The number of amides is 1. The van der Waals surface area contributed by atoms with Crippen molar-refractivity contribution in [3.05, 3.63) is 52.5 Å². The van der Waals surface area contributed by atoms with Gasteiger partial charge in [0.1, 0.15) is 5.75 Å². The Kier molecular flexibility index (Phi) is 5.83. The summed E-state index contributed by atoms with van der Waals surface area (Å²) in [7, 11) is 1.27. The summed E-state index contributed by atoms with van der Waals surface area (Å²) in [4.78, 5) is 26.3.